The van der Waals surface area contributed by atoms with Crippen molar-refractivity contribution in [3.05, 3.63) is 54.5 Å². The minimum atomic E-state index is -3.74. The molecule has 1 aromatic carbocycles. The molecule has 3 rings (SSSR count). The van der Waals surface area contributed by atoms with Gasteiger partial charge in [-0.1, -0.05) is 24.3 Å². The third kappa shape index (κ3) is 2.52. The Morgan fingerprint density at radius 3 is 2.75 bits per heavy atom. The maximum absolute atomic E-state index is 11.2. The van der Waals surface area contributed by atoms with Gasteiger partial charge in [-0.05, 0) is 11.6 Å². The van der Waals surface area contributed by atoms with Gasteiger partial charge in [-0.25, -0.2) is 8.42 Å². The first-order valence-electron chi connectivity index (χ1n) is 5.84. The highest BCUT2D eigenvalue weighted by Crippen LogP contribution is 2.18. The Kier molecular flexibility index (Phi) is 3.19. The lowest BCUT2D eigenvalue weighted by Crippen LogP contribution is -2.01. The van der Waals surface area contributed by atoms with Gasteiger partial charge in [0.05, 0.1) is 18.3 Å². The lowest BCUT2D eigenvalue weighted by molar-refractivity contribution is 0.609. The fraction of sp³-hybridized carbons (Fsp3) is 0.0769. The molecule has 0 radical (unpaired) electrons. The Morgan fingerprint density at radius 1 is 1.20 bits per heavy atom. The number of benzene rings is 1. The van der Waals surface area contributed by atoms with Crippen LogP contribution in [0.15, 0.2) is 53.8 Å². The molecule has 0 amide bonds. The molecule has 7 heteroatoms. The van der Waals surface area contributed by atoms with Gasteiger partial charge >= 0.3 is 0 Å². The quantitative estimate of drug-likeness (QED) is 0.697. The number of pyridine rings is 1. The van der Waals surface area contributed by atoms with Gasteiger partial charge in [-0.3, -0.25) is 9.67 Å². The summed E-state index contributed by atoms with van der Waals surface area (Å²) in [6.45, 7) is 0.431. The molecule has 0 aliphatic carbocycles. The number of hydrogen-bond donors (Lipinski definition) is 0. The molecule has 0 aliphatic rings. The van der Waals surface area contributed by atoms with Crippen molar-refractivity contribution in [1.82, 2.24) is 14.8 Å². The maximum atomic E-state index is 11.2. The summed E-state index contributed by atoms with van der Waals surface area (Å²) >= 11 is 0. The largest absolute Gasteiger partial charge is 0.267 e. The van der Waals surface area contributed by atoms with Crippen LogP contribution in [0.5, 0.6) is 0 Å². The SMILES string of the molecule is O=S(=O)(Cl)c1cnn(Cc2cccc3cccnc23)c1. The molecule has 2 aromatic heterocycles. The van der Waals surface area contributed by atoms with Crippen molar-refractivity contribution >= 4 is 30.6 Å². The van der Waals surface area contributed by atoms with Crippen LogP contribution in [0.1, 0.15) is 5.56 Å². The minimum Gasteiger partial charge on any atom is -0.267 e. The number of fused-ring (bicyclic) bond motifs is 1. The van der Waals surface area contributed by atoms with Crippen LogP contribution >= 0.6 is 10.7 Å². The highest BCUT2D eigenvalue weighted by Gasteiger charge is 2.13. The summed E-state index contributed by atoms with van der Waals surface area (Å²) in [6.07, 6.45) is 4.37. The van der Waals surface area contributed by atoms with Gasteiger partial charge in [-0.2, -0.15) is 5.10 Å². The molecule has 0 spiro atoms. The van der Waals surface area contributed by atoms with Crippen LogP contribution in [0.3, 0.4) is 0 Å². The third-order valence-electron chi connectivity index (χ3n) is 2.94. The normalized spacial score (nSPS) is 11.8. The van der Waals surface area contributed by atoms with Crippen LogP contribution in [-0.4, -0.2) is 23.2 Å². The Bertz CT molecular complexity index is 869. The monoisotopic (exact) mass is 307 g/mol. The molecular formula is C13H10ClN3O2S. The number of halogens is 1. The van der Waals surface area contributed by atoms with Gasteiger partial charge < -0.3 is 0 Å². The van der Waals surface area contributed by atoms with Crippen LogP contribution in [0.2, 0.25) is 0 Å². The molecule has 0 atom stereocenters. The summed E-state index contributed by atoms with van der Waals surface area (Å²) < 4.78 is 23.9. The van der Waals surface area contributed by atoms with Gasteiger partial charge in [0.1, 0.15) is 4.90 Å². The van der Waals surface area contributed by atoms with E-state index in [1.807, 2.05) is 30.3 Å². The van der Waals surface area contributed by atoms with E-state index >= 15 is 0 Å². The predicted molar refractivity (Wildman–Crippen MR) is 76.1 cm³/mol. The van der Waals surface area contributed by atoms with Gasteiger partial charge in [0.25, 0.3) is 9.05 Å². The highest BCUT2D eigenvalue weighted by molar-refractivity contribution is 8.13. The molecule has 0 aliphatic heterocycles. The van der Waals surface area contributed by atoms with E-state index in [1.165, 1.54) is 17.1 Å². The van der Waals surface area contributed by atoms with Crippen LogP contribution in [-0.2, 0) is 15.6 Å². The van der Waals surface area contributed by atoms with Crippen LogP contribution in [0.4, 0.5) is 0 Å². The highest BCUT2D eigenvalue weighted by atomic mass is 35.7. The summed E-state index contributed by atoms with van der Waals surface area (Å²) in [4.78, 5) is 4.34. The standard InChI is InChI=1S/C13H10ClN3O2S/c14-20(18,19)12-7-16-17(9-12)8-11-4-1-3-10-5-2-6-15-13(10)11/h1-7,9H,8H2. The second-order valence-electron chi connectivity index (χ2n) is 4.30. The zero-order valence-electron chi connectivity index (χ0n) is 10.3. The number of para-hydroxylation sites is 1. The smallest absolute Gasteiger partial charge is 0.264 e. The molecule has 0 saturated carbocycles. The zero-order valence-corrected chi connectivity index (χ0v) is 11.8. The van der Waals surface area contributed by atoms with Crippen molar-refractivity contribution in [3.8, 4) is 0 Å². The number of rotatable bonds is 3. The summed E-state index contributed by atoms with van der Waals surface area (Å²) in [5.74, 6) is 0. The van der Waals surface area contributed by atoms with Gasteiger partial charge in [0.2, 0.25) is 0 Å². The average molecular weight is 308 g/mol. The van der Waals surface area contributed by atoms with E-state index in [0.717, 1.165) is 16.5 Å². The lowest BCUT2D eigenvalue weighted by atomic mass is 10.1. The molecule has 2 heterocycles. The van der Waals surface area contributed by atoms with Crippen LogP contribution in [0, 0.1) is 0 Å². The summed E-state index contributed by atoms with van der Waals surface area (Å²) in [5.41, 5.74) is 1.84. The predicted octanol–water partition coefficient (Wildman–Crippen LogP) is 2.41. The Labute approximate surface area is 120 Å². The van der Waals surface area contributed by atoms with E-state index < -0.39 is 9.05 Å². The molecule has 0 unspecified atom stereocenters. The molecule has 3 aromatic rings. The fourth-order valence-electron chi connectivity index (χ4n) is 2.03. The molecule has 0 bridgehead atoms. The zero-order chi connectivity index (χ0) is 14.2. The van der Waals surface area contributed by atoms with Crippen molar-refractivity contribution in [2.45, 2.75) is 11.4 Å². The Balaban J connectivity index is 2.00. The fourth-order valence-corrected chi connectivity index (χ4v) is 2.69. The van der Waals surface area contributed by atoms with Crippen molar-refractivity contribution < 1.29 is 8.42 Å². The number of aromatic nitrogens is 3. The van der Waals surface area contributed by atoms with E-state index in [0.29, 0.717) is 6.54 Å². The third-order valence-corrected chi connectivity index (χ3v) is 4.25. The molecule has 0 saturated heterocycles. The minimum absolute atomic E-state index is 0.00707. The average Bonchev–Trinajstić information content (AvgIpc) is 2.88. The van der Waals surface area contributed by atoms with Gasteiger partial charge in [-0.15, -0.1) is 0 Å². The lowest BCUT2D eigenvalue weighted by Gasteiger charge is -2.05. The van der Waals surface area contributed by atoms with E-state index in [1.54, 1.807) is 6.20 Å². The molecular weight excluding hydrogens is 298 g/mol. The second-order valence-corrected chi connectivity index (χ2v) is 6.87. The number of hydrogen-bond acceptors (Lipinski definition) is 4. The molecule has 5 nitrogen and oxygen atoms in total. The summed E-state index contributed by atoms with van der Waals surface area (Å²) in [6, 6.07) is 9.69. The molecule has 102 valence electrons. The van der Waals surface area contributed by atoms with Crippen molar-refractivity contribution in [2.75, 3.05) is 0 Å². The molecule has 0 N–H and O–H groups in total. The Morgan fingerprint density at radius 2 is 2.00 bits per heavy atom. The van der Waals surface area contributed by atoms with Crippen LogP contribution in [0.25, 0.3) is 10.9 Å². The van der Waals surface area contributed by atoms with E-state index in [2.05, 4.69) is 10.1 Å². The number of nitrogens with zero attached hydrogens (tertiary/aromatic N) is 3. The van der Waals surface area contributed by atoms with Gasteiger partial charge in [0, 0.05) is 28.5 Å². The Hall–Kier alpha value is -1.92. The second kappa shape index (κ2) is 4.88. The summed E-state index contributed by atoms with van der Waals surface area (Å²) in [7, 11) is 1.53. The molecule has 20 heavy (non-hydrogen) atoms. The van der Waals surface area contributed by atoms with Gasteiger partial charge in [0.15, 0.2) is 0 Å². The maximum Gasteiger partial charge on any atom is 0.264 e. The van der Waals surface area contributed by atoms with Crippen LogP contribution < -0.4 is 0 Å². The van der Waals surface area contributed by atoms with Crippen molar-refractivity contribution in [3.63, 3.8) is 0 Å². The van der Waals surface area contributed by atoms with E-state index in [9.17, 15) is 8.42 Å². The summed E-state index contributed by atoms with van der Waals surface area (Å²) in [5, 5.41) is 5.04. The first-order valence-corrected chi connectivity index (χ1v) is 8.15. The topological polar surface area (TPSA) is 64.8 Å². The first kappa shape index (κ1) is 13.1. The van der Waals surface area contributed by atoms with E-state index in [4.69, 9.17) is 10.7 Å². The first-order chi connectivity index (χ1) is 9.54. The van der Waals surface area contributed by atoms with Crippen molar-refractivity contribution in [1.29, 1.82) is 0 Å². The van der Waals surface area contributed by atoms with Crippen molar-refractivity contribution in [2.24, 2.45) is 0 Å². The molecule has 0 fully saturated rings. The van der Waals surface area contributed by atoms with E-state index in [-0.39, 0.29) is 4.90 Å².